The van der Waals surface area contributed by atoms with Crippen LogP contribution in [0.5, 0.6) is 0 Å². The van der Waals surface area contributed by atoms with E-state index in [9.17, 15) is 4.79 Å². The van der Waals surface area contributed by atoms with E-state index in [0.717, 1.165) is 60.0 Å². The molecule has 8 heteroatoms. The van der Waals surface area contributed by atoms with Crippen LogP contribution in [0.4, 0.5) is 4.79 Å². The molecule has 1 saturated heterocycles. The third-order valence-electron chi connectivity index (χ3n) is 5.64. The first kappa shape index (κ1) is 21.6. The molecule has 164 valence electrons. The number of fused-ring (bicyclic) bond motifs is 1. The van der Waals surface area contributed by atoms with E-state index in [1.54, 1.807) is 0 Å². The van der Waals surface area contributed by atoms with Crippen LogP contribution < -0.4 is 5.32 Å². The Kier molecular flexibility index (Phi) is 6.36. The molecule has 1 aliphatic carbocycles. The van der Waals surface area contributed by atoms with Gasteiger partial charge in [-0.1, -0.05) is 6.07 Å². The minimum Gasteiger partial charge on any atom is -0.444 e. The van der Waals surface area contributed by atoms with Gasteiger partial charge in [0.25, 0.3) is 0 Å². The van der Waals surface area contributed by atoms with E-state index in [1.807, 2.05) is 20.8 Å². The predicted octanol–water partition coefficient (Wildman–Crippen LogP) is 4.72. The number of nitrogens with zero attached hydrogens (tertiary/aromatic N) is 2. The van der Waals surface area contributed by atoms with Crippen LogP contribution in [0.1, 0.15) is 58.1 Å². The van der Waals surface area contributed by atoms with Gasteiger partial charge in [-0.25, -0.2) is 4.79 Å². The zero-order chi connectivity index (χ0) is 21.3. The number of ether oxygens (including phenoxy) is 3. The van der Waals surface area contributed by atoms with Crippen molar-refractivity contribution in [3.63, 3.8) is 0 Å². The number of carbonyl (C=O) groups is 1. The molecule has 1 N–H and O–H groups in total. The molecule has 2 aliphatic rings. The summed E-state index contributed by atoms with van der Waals surface area (Å²) < 4.78 is 19.9. The fourth-order valence-corrected chi connectivity index (χ4v) is 4.43. The Morgan fingerprint density at radius 1 is 1.27 bits per heavy atom. The molecule has 0 spiro atoms. The van der Waals surface area contributed by atoms with Crippen molar-refractivity contribution in [3.8, 4) is 0 Å². The molecule has 4 rings (SSSR count). The molecule has 1 aliphatic heterocycles. The van der Waals surface area contributed by atoms with Crippen LogP contribution in [0.3, 0.4) is 0 Å². The first-order valence-electron chi connectivity index (χ1n) is 10.7. The number of carbonyl (C=O) groups excluding carboxylic acids is 1. The molecule has 7 nitrogen and oxygen atoms in total. The third kappa shape index (κ3) is 4.98. The van der Waals surface area contributed by atoms with Gasteiger partial charge in [-0.15, -0.1) is 0 Å². The van der Waals surface area contributed by atoms with Crippen molar-refractivity contribution in [1.82, 2.24) is 15.1 Å². The lowest BCUT2D eigenvalue weighted by Gasteiger charge is -2.37. The Bertz CT molecular complexity index is 902. The largest absolute Gasteiger partial charge is 0.444 e. The van der Waals surface area contributed by atoms with Crippen LogP contribution >= 0.6 is 15.9 Å². The maximum Gasteiger partial charge on any atom is 0.407 e. The summed E-state index contributed by atoms with van der Waals surface area (Å²) in [6, 6.07) is 6.74. The quantitative estimate of drug-likeness (QED) is 0.670. The van der Waals surface area contributed by atoms with Gasteiger partial charge in [0.15, 0.2) is 0 Å². The number of hydrogen-bond donors (Lipinski definition) is 1. The summed E-state index contributed by atoms with van der Waals surface area (Å²) in [6.07, 6.45) is 3.46. The maximum absolute atomic E-state index is 12.0. The summed E-state index contributed by atoms with van der Waals surface area (Å²) in [7, 11) is 0. The SMILES string of the molecule is CC(C)(C)OC(=O)N[C@@H]1CC[C@H]1OCc1ccc2c(c1)c(Br)nn2C1CCOCC1. The smallest absolute Gasteiger partial charge is 0.407 e. The fraction of sp³-hybridized carbons (Fsp3) is 0.636. The highest BCUT2D eigenvalue weighted by Gasteiger charge is 2.34. The molecule has 2 atom stereocenters. The summed E-state index contributed by atoms with van der Waals surface area (Å²) in [5.41, 5.74) is 1.73. The van der Waals surface area contributed by atoms with Crippen molar-refractivity contribution in [2.24, 2.45) is 0 Å². The van der Waals surface area contributed by atoms with Crippen molar-refractivity contribution in [2.45, 2.75) is 76.9 Å². The second kappa shape index (κ2) is 8.85. The van der Waals surface area contributed by atoms with E-state index < -0.39 is 5.60 Å². The number of rotatable bonds is 5. The van der Waals surface area contributed by atoms with Crippen molar-refractivity contribution in [1.29, 1.82) is 0 Å². The fourth-order valence-electron chi connectivity index (χ4n) is 3.94. The van der Waals surface area contributed by atoms with Gasteiger partial charge >= 0.3 is 6.09 Å². The molecule has 30 heavy (non-hydrogen) atoms. The standard InChI is InChI=1S/C22H30BrN3O4/c1-22(2,3)30-21(27)24-17-5-7-19(17)29-13-14-4-6-18-16(12-14)20(23)25-26(18)15-8-10-28-11-9-15/h4,6,12,15,17,19H,5,7-11,13H2,1-3H3,(H,24,27)/t17-,19-/m1/s1. The van der Waals surface area contributed by atoms with Gasteiger partial charge in [0.05, 0.1) is 30.3 Å². The number of hydrogen-bond acceptors (Lipinski definition) is 5. The van der Waals surface area contributed by atoms with E-state index in [4.69, 9.17) is 19.3 Å². The van der Waals surface area contributed by atoms with Gasteiger partial charge < -0.3 is 19.5 Å². The minimum absolute atomic E-state index is 0.00610. The number of halogens is 1. The minimum atomic E-state index is -0.498. The summed E-state index contributed by atoms with van der Waals surface area (Å²) in [4.78, 5) is 12.0. The van der Waals surface area contributed by atoms with Gasteiger partial charge in [-0.05, 0) is 80.1 Å². The van der Waals surface area contributed by atoms with Crippen LogP contribution in [0.15, 0.2) is 22.8 Å². The molecule has 1 aromatic heterocycles. The molecule has 2 heterocycles. The molecule has 1 saturated carbocycles. The number of benzene rings is 1. The van der Waals surface area contributed by atoms with Gasteiger partial charge in [-0.3, -0.25) is 4.68 Å². The Morgan fingerprint density at radius 3 is 2.70 bits per heavy atom. The van der Waals surface area contributed by atoms with Gasteiger partial charge in [0.2, 0.25) is 0 Å². The number of amides is 1. The lowest BCUT2D eigenvalue weighted by Crippen LogP contribution is -2.52. The summed E-state index contributed by atoms with van der Waals surface area (Å²) >= 11 is 3.62. The molecular weight excluding hydrogens is 450 g/mol. The number of alkyl carbamates (subject to hydrolysis) is 1. The number of nitrogens with one attached hydrogen (secondary N) is 1. The molecule has 0 bridgehead atoms. The zero-order valence-corrected chi connectivity index (χ0v) is 19.4. The van der Waals surface area contributed by atoms with E-state index in [-0.39, 0.29) is 18.2 Å². The summed E-state index contributed by atoms with van der Waals surface area (Å²) in [5, 5.41) is 8.74. The first-order chi connectivity index (χ1) is 14.3. The van der Waals surface area contributed by atoms with Crippen LogP contribution in [0, 0.1) is 0 Å². The summed E-state index contributed by atoms with van der Waals surface area (Å²) in [5.74, 6) is 0. The van der Waals surface area contributed by atoms with Gasteiger partial charge in [0, 0.05) is 18.6 Å². The predicted molar refractivity (Wildman–Crippen MR) is 117 cm³/mol. The van der Waals surface area contributed by atoms with E-state index >= 15 is 0 Å². The molecular formula is C22H30BrN3O4. The van der Waals surface area contributed by atoms with E-state index in [1.165, 1.54) is 0 Å². The Hall–Kier alpha value is -1.64. The average molecular weight is 480 g/mol. The van der Waals surface area contributed by atoms with Crippen molar-refractivity contribution in [2.75, 3.05) is 13.2 Å². The van der Waals surface area contributed by atoms with Crippen LogP contribution in [0.2, 0.25) is 0 Å². The van der Waals surface area contributed by atoms with E-state index in [0.29, 0.717) is 12.6 Å². The lowest BCUT2D eigenvalue weighted by atomic mass is 9.89. The van der Waals surface area contributed by atoms with Crippen molar-refractivity contribution < 1.29 is 19.0 Å². The van der Waals surface area contributed by atoms with E-state index in [2.05, 4.69) is 44.1 Å². The summed E-state index contributed by atoms with van der Waals surface area (Å²) in [6.45, 7) is 7.66. The lowest BCUT2D eigenvalue weighted by molar-refractivity contribution is -0.0390. The number of aromatic nitrogens is 2. The second-order valence-corrected chi connectivity index (χ2v) is 9.86. The van der Waals surface area contributed by atoms with Crippen LogP contribution in [-0.4, -0.2) is 46.8 Å². The Balaban J connectivity index is 1.36. The molecule has 2 fully saturated rings. The monoisotopic (exact) mass is 479 g/mol. The molecule has 2 aromatic rings. The Morgan fingerprint density at radius 2 is 2.03 bits per heavy atom. The average Bonchev–Trinajstić information content (AvgIpc) is 3.01. The van der Waals surface area contributed by atoms with Gasteiger partial charge in [0.1, 0.15) is 10.2 Å². The normalized spacial score (nSPS) is 22.7. The molecule has 0 radical (unpaired) electrons. The van der Waals surface area contributed by atoms with Crippen molar-refractivity contribution >= 4 is 32.9 Å². The highest BCUT2D eigenvalue weighted by Crippen LogP contribution is 2.31. The third-order valence-corrected chi connectivity index (χ3v) is 6.23. The Labute approximate surface area is 185 Å². The van der Waals surface area contributed by atoms with Crippen LogP contribution in [0.25, 0.3) is 10.9 Å². The molecule has 1 aromatic carbocycles. The molecule has 0 unspecified atom stereocenters. The highest BCUT2D eigenvalue weighted by molar-refractivity contribution is 9.10. The highest BCUT2D eigenvalue weighted by atomic mass is 79.9. The van der Waals surface area contributed by atoms with Crippen LogP contribution in [-0.2, 0) is 20.8 Å². The van der Waals surface area contributed by atoms with Gasteiger partial charge in [-0.2, -0.15) is 5.10 Å². The zero-order valence-electron chi connectivity index (χ0n) is 17.8. The molecule has 1 amide bonds. The first-order valence-corrected chi connectivity index (χ1v) is 11.4. The maximum atomic E-state index is 12.0. The van der Waals surface area contributed by atoms with Crippen molar-refractivity contribution in [3.05, 3.63) is 28.4 Å². The topological polar surface area (TPSA) is 74.6 Å². The second-order valence-electron chi connectivity index (χ2n) is 9.11.